The average molecular weight is 295 g/mol. The Morgan fingerprint density at radius 1 is 1.35 bits per heavy atom. The molecule has 0 bridgehead atoms. The van der Waals surface area contributed by atoms with Crippen molar-refractivity contribution in [1.82, 2.24) is 9.38 Å². The van der Waals surface area contributed by atoms with Gasteiger partial charge in [-0.25, -0.2) is 9.78 Å². The first-order valence-electron chi connectivity index (χ1n) is 7.12. The maximum Gasteiger partial charge on any atom is 0.356 e. The average Bonchev–Trinajstić information content (AvgIpc) is 2.98. The van der Waals surface area contributed by atoms with Crippen LogP contribution in [0.15, 0.2) is 11.6 Å². The molecule has 2 aromatic heterocycles. The molecule has 0 aliphatic rings. The molecule has 0 saturated heterocycles. The monoisotopic (exact) mass is 295 g/mol. The number of carbonyl (C=O) groups is 1. The molecule has 0 amide bonds. The lowest BCUT2D eigenvalue weighted by Gasteiger charge is -2.22. The Hall–Kier alpha value is -1.56. The van der Waals surface area contributed by atoms with E-state index in [0.29, 0.717) is 5.82 Å². The van der Waals surface area contributed by atoms with E-state index in [-0.39, 0.29) is 5.69 Å². The number of unbranched alkanes of at least 4 members (excludes halogenated alkanes) is 2. The second kappa shape index (κ2) is 6.74. The zero-order valence-electron chi connectivity index (χ0n) is 12.0. The standard InChI is InChI=1S/C14H21N3O2S/c1-3-5-7-16(8-6-4-2)12-11(13(18)19)17-9-10-20-14(17)15-12/h9-10H,3-8H2,1-2H3,(H,18,19). The number of imidazole rings is 1. The zero-order chi connectivity index (χ0) is 14.5. The number of aromatic carboxylic acids is 1. The number of fused-ring (bicyclic) bond motifs is 1. The van der Waals surface area contributed by atoms with Crippen LogP contribution < -0.4 is 4.90 Å². The Bertz CT molecular complexity index is 568. The third-order valence-corrected chi connectivity index (χ3v) is 4.07. The van der Waals surface area contributed by atoms with Crippen LogP contribution in [-0.4, -0.2) is 33.6 Å². The molecular formula is C14H21N3O2S. The Labute approximate surface area is 122 Å². The first kappa shape index (κ1) is 14.8. The smallest absolute Gasteiger partial charge is 0.356 e. The summed E-state index contributed by atoms with van der Waals surface area (Å²) < 4.78 is 1.67. The molecule has 20 heavy (non-hydrogen) atoms. The third kappa shape index (κ3) is 2.95. The van der Waals surface area contributed by atoms with E-state index in [1.807, 2.05) is 5.38 Å². The second-order valence-electron chi connectivity index (χ2n) is 4.84. The van der Waals surface area contributed by atoms with Gasteiger partial charge in [0.25, 0.3) is 0 Å². The molecule has 0 unspecified atom stereocenters. The number of hydrogen-bond acceptors (Lipinski definition) is 4. The molecule has 2 heterocycles. The van der Waals surface area contributed by atoms with Crippen LogP contribution in [-0.2, 0) is 0 Å². The number of rotatable bonds is 8. The van der Waals surface area contributed by atoms with Crippen molar-refractivity contribution in [2.45, 2.75) is 39.5 Å². The van der Waals surface area contributed by atoms with Crippen LogP contribution in [0.25, 0.3) is 4.96 Å². The normalized spacial score (nSPS) is 11.1. The van der Waals surface area contributed by atoms with Crippen LogP contribution >= 0.6 is 11.3 Å². The Balaban J connectivity index is 2.37. The van der Waals surface area contributed by atoms with E-state index in [1.165, 1.54) is 11.3 Å². The number of carboxylic acid groups (broad SMARTS) is 1. The summed E-state index contributed by atoms with van der Waals surface area (Å²) >= 11 is 1.47. The molecule has 6 heteroatoms. The molecule has 2 aromatic rings. The number of hydrogen-bond donors (Lipinski definition) is 1. The van der Waals surface area contributed by atoms with Crippen LogP contribution in [0.2, 0.25) is 0 Å². The van der Waals surface area contributed by atoms with Gasteiger partial charge in [0.15, 0.2) is 16.5 Å². The van der Waals surface area contributed by atoms with E-state index in [2.05, 4.69) is 23.7 Å². The van der Waals surface area contributed by atoms with E-state index in [1.54, 1.807) is 10.6 Å². The molecule has 0 aliphatic heterocycles. The molecule has 0 saturated carbocycles. The van der Waals surface area contributed by atoms with Gasteiger partial charge in [0.05, 0.1) is 0 Å². The summed E-state index contributed by atoms with van der Waals surface area (Å²) in [6.07, 6.45) is 6.06. The number of anilines is 1. The van der Waals surface area contributed by atoms with Crippen LogP contribution in [0.4, 0.5) is 5.82 Å². The quantitative estimate of drug-likeness (QED) is 0.809. The number of thiazole rings is 1. The lowest BCUT2D eigenvalue weighted by molar-refractivity contribution is 0.0690. The SMILES string of the molecule is CCCCN(CCCC)c1nc2sccn2c1C(=O)O. The number of carboxylic acids is 1. The van der Waals surface area contributed by atoms with E-state index in [4.69, 9.17) is 0 Å². The van der Waals surface area contributed by atoms with Gasteiger partial charge in [-0.15, -0.1) is 11.3 Å². The highest BCUT2D eigenvalue weighted by atomic mass is 32.1. The number of nitrogens with zero attached hydrogens (tertiary/aromatic N) is 3. The predicted octanol–water partition coefficient (Wildman–Crippen LogP) is 3.50. The van der Waals surface area contributed by atoms with Gasteiger partial charge >= 0.3 is 5.97 Å². The molecule has 110 valence electrons. The van der Waals surface area contributed by atoms with Gasteiger partial charge in [-0.1, -0.05) is 26.7 Å². The van der Waals surface area contributed by atoms with Crippen molar-refractivity contribution in [2.75, 3.05) is 18.0 Å². The van der Waals surface area contributed by atoms with Crippen LogP contribution in [0, 0.1) is 0 Å². The molecule has 0 aromatic carbocycles. The van der Waals surface area contributed by atoms with E-state index in [0.717, 1.165) is 43.7 Å². The predicted molar refractivity (Wildman–Crippen MR) is 82.1 cm³/mol. The van der Waals surface area contributed by atoms with Crippen molar-refractivity contribution in [3.63, 3.8) is 0 Å². The van der Waals surface area contributed by atoms with Crippen LogP contribution in [0.1, 0.15) is 50.0 Å². The van der Waals surface area contributed by atoms with Crippen molar-refractivity contribution in [2.24, 2.45) is 0 Å². The summed E-state index contributed by atoms with van der Waals surface area (Å²) in [6, 6.07) is 0. The molecule has 5 nitrogen and oxygen atoms in total. The second-order valence-corrected chi connectivity index (χ2v) is 5.71. The summed E-state index contributed by atoms with van der Waals surface area (Å²) in [6.45, 7) is 6.01. The van der Waals surface area contributed by atoms with Crippen LogP contribution in [0.3, 0.4) is 0 Å². The summed E-state index contributed by atoms with van der Waals surface area (Å²) in [5.74, 6) is -0.296. The van der Waals surface area contributed by atoms with E-state index >= 15 is 0 Å². The summed E-state index contributed by atoms with van der Waals surface area (Å²) in [4.78, 5) is 19.0. The Morgan fingerprint density at radius 3 is 2.55 bits per heavy atom. The fourth-order valence-electron chi connectivity index (χ4n) is 2.22. The Morgan fingerprint density at radius 2 is 2.00 bits per heavy atom. The van der Waals surface area contributed by atoms with Crippen molar-refractivity contribution in [1.29, 1.82) is 0 Å². The van der Waals surface area contributed by atoms with Gasteiger partial charge in [0.2, 0.25) is 0 Å². The van der Waals surface area contributed by atoms with Gasteiger partial charge in [-0.2, -0.15) is 0 Å². The fourth-order valence-corrected chi connectivity index (χ4v) is 2.92. The minimum Gasteiger partial charge on any atom is -0.476 e. The first-order valence-corrected chi connectivity index (χ1v) is 8.00. The summed E-state index contributed by atoms with van der Waals surface area (Å²) in [5.41, 5.74) is 0.286. The van der Waals surface area contributed by atoms with Crippen molar-refractivity contribution in [3.05, 3.63) is 17.3 Å². The highest BCUT2D eigenvalue weighted by Crippen LogP contribution is 2.25. The Kier molecular flexibility index (Phi) is 5.00. The third-order valence-electron chi connectivity index (χ3n) is 3.31. The topological polar surface area (TPSA) is 57.8 Å². The van der Waals surface area contributed by atoms with E-state index in [9.17, 15) is 9.90 Å². The van der Waals surface area contributed by atoms with E-state index < -0.39 is 5.97 Å². The van der Waals surface area contributed by atoms with Gasteiger partial charge in [-0.3, -0.25) is 4.40 Å². The maximum atomic E-state index is 11.6. The molecule has 0 atom stereocenters. The van der Waals surface area contributed by atoms with Gasteiger partial charge < -0.3 is 10.0 Å². The fraction of sp³-hybridized carbons (Fsp3) is 0.571. The van der Waals surface area contributed by atoms with Crippen molar-refractivity contribution in [3.8, 4) is 0 Å². The van der Waals surface area contributed by atoms with Crippen LogP contribution in [0.5, 0.6) is 0 Å². The lowest BCUT2D eigenvalue weighted by atomic mass is 10.2. The maximum absolute atomic E-state index is 11.6. The molecule has 0 aliphatic carbocycles. The van der Waals surface area contributed by atoms with Crippen molar-refractivity contribution >= 4 is 28.1 Å². The largest absolute Gasteiger partial charge is 0.476 e. The molecule has 1 N–H and O–H groups in total. The molecule has 2 rings (SSSR count). The molecule has 0 fully saturated rings. The molecule has 0 spiro atoms. The van der Waals surface area contributed by atoms with Gasteiger partial charge in [-0.05, 0) is 12.8 Å². The molecule has 0 radical (unpaired) electrons. The first-order chi connectivity index (χ1) is 9.69. The zero-order valence-corrected chi connectivity index (χ0v) is 12.8. The minimum absolute atomic E-state index is 0.286. The summed E-state index contributed by atoms with van der Waals surface area (Å²) in [7, 11) is 0. The highest BCUT2D eigenvalue weighted by Gasteiger charge is 2.23. The molecular weight excluding hydrogens is 274 g/mol. The lowest BCUT2D eigenvalue weighted by Crippen LogP contribution is -2.27. The highest BCUT2D eigenvalue weighted by molar-refractivity contribution is 7.15. The van der Waals surface area contributed by atoms with Gasteiger partial charge in [0.1, 0.15) is 0 Å². The van der Waals surface area contributed by atoms with Gasteiger partial charge in [0, 0.05) is 24.7 Å². The number of aromatic nitrogens is 2. The van der Waals surface area contributed by atoms with Crippen molar-refractivity contribution < 1.29 is 9.90 Å². The summed E-state index contributed by atoms with van der Waals surface area (Å²) in [5, 5.41) is 11.3. The minimum atomic E-state index is -0.913.